The average Bonchev–Trinajstić information content (AvgIpc) is 2.85. The van der Waals surface area contributed by atoms with E-state index in [1.54, 1.807) is 18.4 Å². The second-order valence-electron chi connectivity index (χ2n) is 3.81. The van der Waals surface area contributed by atoms with Crippen molar-refractivity contribution in [3.63, 3.8) is 0 Å². The van der Waals surface area contributed by atoms with Gasteiger partial charge in [0.2, 0.25) is 5.91 Å². The second kappa shape index (κ2) is 8.22. The van der Waals surface area contributed by atoms with Gasteiger partial charge in [-0.1, -0.05) is 6.07 Å². The van der Waals surface area contributed by atoms with Crippen LogP contribution in [0.15, 0.2) is 17.5 Å². The molecule has 0 aromatic carbocycles. The molecule has 1 heterocycles. The monoisotopic (exact) mass is 256 g/mol. The molecule has 1 aromatic rings. The van der Waals surface area contributed by atoms with E-state index in [4.69, 9.17) is 4.74 Å². The van der Waals surface area contributed by atoms with Crippen LogP contribution in [0.1, 0.15) is 24.3 Å². The molecule has 0 radical (unpaired) electrons. The van der Waals surface area contributed by atoms with E-state index in [0.29, 0.717) is 19.7 Å². The number of amides is 1. The third-order valence-corrected chi connectivity index (χ3v) is 3.44. The molecule has 0 spiro atoms. The molecular weight excluding hydrogens is 236 g/mol. The van der Waals surface area contributed by atoms with E-state index in [2.05, 4.69) is 23.6 Å². The fraction of sp³-hybridized carbons (Fsp3) is 0.583. The van der Waals surface area contributed by atoms with Gasteiger partial charge in [-0.25, -0.2) is 0 Å². The summed E-state index contributed by atoms with van der Waals surface area (Å²) in [6.45, 7) is 3.76. The molecule has 0 aliphatic rings. The van der Waals surface area contributed by atoms with Crippen molar-refractivity contribution in [3.8, 4) is 0 Å². The molecular formula is C12H20N2O2S. The predicted octanol–water partition coefficient (Wildman–Crippen LogP) is 1.55. The number of carbonyl (C=O) groups excluding carboxylic acids is 1. The van der Waals surface area contributed by atoms with Crippen molar-refractivity contribution in [2.45, 2.75) is 19.4 Å². The molecule has 0 aliphatic carbocycles. The topological polar surface area (TPSA) is 50.4 Å². The molecule has 1 atom stereocenters. The SMILES string of the molecule is COCCCNC(=O)CN[C@H](C)c1cccs1. The lowest BCUT2D eigenvalue weighted by Gasteiger charge is -2.11. The van der Waals surface area contributed by atoms with Crippen LogP contribution >= 0.6 is 11.3 Å². The van der Waals surface area contributed by atoms with Gasteiger partial charge >= 0.3 is 0 Å². The van der Waals surface area contributed by atoms with Crippen LogP contribution in [0.3, 0.4) is 0 Å². The van der Waals surface area contributed by atoms with Crippen molar-refractivity contribution in [1.82, 2.24) is 10.6 Å². The maximum absolute atomic E-state index is 11.5. The number of thiophene rings is 1. The summed E-state index contributed by atoms with van der Waals surface area (Å²) in [5.41, 5.74) is 0. The van der Waals surface area contributed by atoms with Gasteiger partial charge in [0.25, 0.3) is 0 Å². The molecule has 1 rings (SSSR count). The first-order chi connectivity index (χ1) is 8.24. The van der Waals surface area contributed by atoms with Crippen LogP contribution in [0.5, 0.6) is 0 Å². The quantitative estimate of drug-likeness (QED) is 0.694. The fourth-order valence-electron chi connectivity index (χ4n) is 1.39. The first kappa shape index (κ1) is 14.2. The third kappa shape index (κ3) is 5.81. The molecule has 96 valence electrons. The van der Waals surface area contributed by atoms with Crippen LogP contribution in [-0.2, 0) is 9.53 Å². The van der Waals surface area contributed by atoms with Gasteiger partial charge in [0.1, 0.15) is 0 Å². The number of rotatable bonds is 8. The Balaban J connectivity index is 2.11. The zero-order valence-corrected chi connectivity index (χ0v) is 11.2. The minimum Gasteiger partial charge on any atom is -0.385 e. The zero-order chi connectivity index (χ0) is 12.5. The molecule has 2 N–H and O–H groups in total. The van der Waals surface area contributed by atoms with Crippen molar-refractivity contribution in [2.24, 2.45) is 0 Å². The van der Waals surface area contributed by atoms with E-state index in [1.807, 2.05) is 11.4 Å². The summed E-state index contributed by atoms with van der Waals surface area (Å²) in [4.78, 5) is 12.7. The molecule has 17 heavy (non-hydrogen) atoms. The molecule has 0 bridgehead atoms. The van der Waals surface area contributed by atoms with E-state index in [-0.39, 0.29) is 11.9 Å². The van der Waals surface area contributed by atoms with Gasteiger partial charge in [-0.05, 0) is 24.8 Å². The first-order valence-corrected chi connectivity index (χ1v) is 6.64. The predicted molar refractivity (Wildman–Crippen MR) is 70.2 cm³/mol. The minimum atomic E-state index is 0.0320. The van der Waals surface area contributed by atoms with E-state index in [0.717, 1.165) is 6.42 Å². The summed E-state index contributed by atoms with van der Waals surface area (Å²) in [7, 11) is 1.66. The highest BCUT2D eigenvalue weighted by molar-refractivity contribution is 7.10. The standard InChI is InChI=1S/C12H20N2O2S/c1-10(11-5-3-8-17-11)14-9-12(15)13-6-4-7-16-2/h3,5,8,10,14H,4,6-7,9H2,1-2H3,(H,13,15)/t10-/m1/s1. The Morgan fingerprint density at radius 1 is 1.59 bits per heavy atom. The van der Waals surface area contributed by atoms with Gasteiger partial charge in [-0.3, -0.25) is 4.79 Å². The van der Waals surface area contributed by atoms with Gasteiger partial charge < -0.3 is 15.4 Å². The lowest BCUT2D eigenvalue weighted by Crippen LogP contribution is -2.35. The van der Waals surface area contributed by atoms with Crippen molar-refractivity contribution >= 4 is 17.2 Å². The van der Waals surface area contributed by atoms with Crippen molar-refractivity contribution in [3.05, 3.63) is 22.4 Å². The normalized spacial score (nSPS) is 12.4. The summed E-state index contributed by atoms with van der Waals surface area (Å²) in [5.74, 6) is 0.0320. The molecule has 4 nitrogen and oxygen atoms in total. The van der Waals surface area contributed by atoms with E-state index >= 15 is 0 Å². The second-order valence-corrected chi connectivity index (χ2v) is 4.79. The Morgan fingerprint density at radius 2 is 2.41 bits per heavy atom. The highest BCUT2D eigenvalue weighted by atomic mass is 32.1. The fourth-order valence-corrected chi connectivity index (χ4v) is 2.15. The summed E-state index contributed by atoms with van der Waals surface area (Å²) in [6.07, 6.45) is 0.850. The summed E-state index contributed by atoms with van der Waals surface area (Å²) >= 11 is 1.70. The lowest BCUT2D eigenvalue weighted by atomic mass is 10.3. The summed E-state index contributed by atoms with van der Waals surface area (Å²) < 4.78 is 4.91. The van der Waals surface area contributed by atoms with Crippen LogP contribution in [0.25, 0.3) is 0 Å². The van der Waals surface area contributed by atoms with E-state index in [9.17, 15) is 4.79 Å². The van der Waals surface area contributed by atoms with Gasteiger partial charge in [0.15, 0.2) is 0 Å². The van der Waals surface area contributed by atoms with Crippen LogP contribution in [0.2, 0.25) is 0 Å². The number of hydrogen-bond donors (Lipinski definition) is 2. The Hall–Kier alpha value is -0.910. The molecule has 1 amide bonds. The van der Waals surface area contributed by atoms with Crippen LogP contribution in [0.4, 0.5) is 0 Å². The number of hydrogen-bond acceptors (Lipinski definition) is 4. The van der Waals surface area contributed by atoms with Gasteiger partial charge in [0, 0.05) is 31.2 Å². The zero-order valence-electron chi connectivity index (χ0n) is 10.4. The number of nitrogens with one attached hydrogen (secondary N) is 2. The van der Waals surface area contributed by atoms with Crippen LogP contribution < -0.4 is 10.6 Å². The minimum absolute atomic E-state index is 0.0320. The maximum Gasteiger partial charge on any atom is 0.233 e. The number of methoxy groups -OCH3 is 1. The highest BCUT2D eigenvalue weighted by Crippen LogP contribution is 2.17. The smallest absolute Gasteiger partial charge is 0.233 e. The maximum atomic E-state index is 11.5. The van der Waals surface area contributed by atoms with E-state index < -0.39 is 0 Å². The molecule has 0 unspecified atom stereocenters. The molecule has 0 aliphatic heterocycles. The Kier molecular flexibility index (Phi) is 6.84. The highest BCUT2D eigenvalue weighted by Gasteiger charge is 2.07. The summed E-state index contributed by atoms with van der Waals surface area (Å²) in [6, 6.07) is 4.31. The molecule has 0 saturated carbocycles. The Labute approximate surface area is 106 Å². The van der Waals surface area contributed by atoms with Crippen molar-refractivity contribution in [1.29, 1.82) is 0 Å². The average molecular weight is 256 g/mol. The number of carbonyl (C=O) groups is 1. The molecule has 5 heteroatoms. The van der Waals surface area contributed by atoms with Crippen LogP contribution in [-0.4, -0.2) is 32.7 Å². The van der Waals surface area contributed by atoms with Crippen molar-refractivity contribution < 1.29 is 9.53 Å². The molecule has 0 fully saturated rings. The Bertz CT molecular complexity index is 314. The van der Waals surface area contributed by atoms with Gasteiger partial charge in [-0.2, -0.15) is 0 Å². The molecule has 0 saturated heterocycles. The summed E-state index contributed by atoms with van der Waals surface area (Å²) in [5, 5.41) is 8.07. The van der Waals surface area contributed by atoms with Crippen LogP contribution in [0, 0.1) is 0 Å². The lowest BCUT2D eigenvalue weighted by molar-refractivity contribution is -0.120. The van der Waals surface area contributed by atoms with Gasteiger partial charge in [0.05, 0.1) is 6.54 Å². The molecule has 1 aromatic heterocycles. The number of ether oxygens (including phenoxy) is 1. The van der Waals surface area contributed by atoms with Gasteiger partial charge in [-0.15, -0.1) is 11.3 Å². The van der Waals surface area contributed by atoms with E-state index in [1.165, 1.54) is 4.88 Å². The largest absolute Gasteiger partial charge is 0.385 e. The van der Waals surface area contributed by atoms with Crippen molar-refractivity contribution in [2.75, 3.05) is 26.8 Å². The first-order valence-electron chi connectivity index (χ1n) is 5.76. The Morgan fingerprint density at radius 3 is 3.06 bits per heavy atom. The third-order valence-electron chi connectivity index (χ3n) is 2.39.